The second-order valence-electron chi connectivity index (χ2n) is 6.36. The van der Waals surface area contributed by atoms with Gasteiger partial charge in [-0.15, -0.1) is 0 Å². The zero-order valence-corrected chi connectivity index (χ0v) is 13.0. The van der Waals surface area contributed by atoms with Crippen molar-refractivity contribution in [2.24, 2.45) is 0 Å². The lowest BCUT2D eigenvalue weighted by atomic mass is 10.1. The van der Waals surface area contributed by atoms with Crippen LogP contribution in [0.2, 0.25) is 0 Å². The number of amides is 1. The summed E-state index contributed by atoms with van der Waals surface area (Å²) >= 11 is 0. The lowest BCUT2D eigenvalue weighted by molar-refractivity contribution is -0.0259. The van der Waals surface area contributed by atoms with Crippen LogP contribution in [0.5, 0.6) is 0 Å². The molecule has 1 aromatic rings. The fraction of sp³-hybridized carbons (Fsp3) is 0.625. The first-order valence-corrected chi connectivity index (χ1v) is 7.42. The maximum absolute atomic E-state index is 12.1. The minimum absolute atomic E-state index is 0.0616. The standard InChI is InChI=1S/C16H24N2O3/c1-16(2,3)21-15(19)18-9-5-7-14(11-18)20-12-13-6-4-8-17-10-13/h4,6,8,10,14H,5,7,9,11-12H2,1-3H3/t14-/m1/s1. The summed E-state index contributed by atoms with van der Waals surface area (Å²) in [5.74, 6) is 0. The van der Waals surface area contributed by atoms with E-state index >= 15 is 0 Å². The SMILES string of the molecule is CC(C)(C)OC(=O)N1CCC[C@@H](OCc2cccnc2)C1. The van der Waals surface area contributed by atoms with Gasteiger partial charge < -0.3 is 14.4 Å². The number of hydrogen-bond donors (Lipinski definition) is 0. The molecule has 1 fully saturated rings. The molecular weight excluding hydrogens is 268 g/mol. The van der Waals surface area contributed by atoms with Crippen molar-refractivity contribution in [2.75, 3.05) is 13.1 Å². The monoisotopic (exact) mass is 292 g/mol. The van der Waals surface area contributed by atoms with Gasteiger partial charge in [-0.3, -0.25) is 4.98 Å². The molecule has 0 aliphatic carbocycles. The summed E-state index contributed by atoms with van der Waals surface area (Å²) in [6.45, 7) is 7.50. The maximum Gasteiger partial charge on any atom is 0.410 e. The molecule has 5 heteroatoms. The number of rotatable bonds is 3. The molecule has 1 aliphatic rings. The second-order valence-corrected chi connectivity index (χ2v) is 6.36. The van der Waals surface area contributed by atoms with E-state index in [0.717, 1.165) is 24.9 Å². The minimum Gasteiger partial charge on any atom is -0.444 e. The number of nitrogens with zero attached hydrogens (tertiary/aromatic N) is 2. The van der Waals surface area contributed by atoms with Crippen LogP contribution in [0.25, 0.3) is 0 Å². The van der Waals surface area contributed by atoms with Crippen molar-refractivity contribution in [1.29, 1.82) is 0 Å². The van der Waals surface area contributed by atoms with Crippen LogP contribution in [0, 0.1) is 0 Å². The lowest BCUT2D eigenvalue weighted by Crippen LogP contribution is -2.45. The van der Waals surface area contributed by atoms with Gasteiger partial charge in [0.25, 0.3) is 0 Å². The Hall–Kier alpha value is -1.62. The first kappa shape index (κ1) is 15.8. The summed E-state index contributed by atoms with van der Waals surface area (Å²) < 4.78 is 11.3. The van der Waals surface area contributed by atoms with Crippen molar-refractivity contribution in [3.8, 4) is 0 Å². The molecule has 1 amide bonds. The van der Waals surface area contributed by atoms with Crippen molar-refractivity contribution in [3.05, 3.63) is 30.1 Å². The Morgan fingerprint density at radius 3 is 2.95 bits per heavy atom. The predicted molar refractivity (Wildman–Crippen MR) is 79.9 cm³/mol. The number of aromatic nitrogens is 1. The normalized spacial score (nSPS) is 19.4. The predicted octanol–water partition coefficient (Wildman–Crippen LogP) is 3.00. The fourth-order valence-corrected chi connectivity index (χ4v) is 2.26. The van der Waals surface area contributed by atoms with Crippen molar-refractivity contribution in [3.63, 3.8) is 0 Å². The number of carbonyl (C=O) groups is 1. The van der Waals surface area contributed by atoms with E-state index in [4.69, 9.17) is 9.47 Å². The van der Waals surface area contributed by atoms with Gasteiger partial charge in [-0.05, 0) is 45.2 Å². The van der Waals surface area contributed by atoms with Crippen LogP contribution in [-0.2, 0) is 16.1 Å². The second kappa shape index (κ2) is 6.89. The molecular formula is C16H24N2O3. The van der Waals surface area contributed by atoms with E-state index in [1.165, 1.54) is 0 Å². The van der Waals surface area contributed by atoms with E-state index in [-0.39, 0.29) is 12.2 Å². The Kier molecular flexibility index (Phi) is 5.17. The highest BCUT2D eigenvalue weighted by molar-refractivity contribution is 5.68. The molecule has 0 N–H and O–H groups in total. The summed E-state index contributed by atoms with van der Waals surface area (Å²) in [5, 5.41) is 0. The summed E-state index contributed by atoms with van der Waals surface area (Å²) in [5.41, 5.74) is 0.590. The molecule has 2 heterocycles. The molecule has 0 aromatic carbocycles. The third-order valence-corrected chi connectivity index (χ3v) is 3.24. The molecule has 1 atom stereocenters. The molecule has 0 radical (unpaired) electrons. The van der Waals surface area contributed by atoms with E-state index in [0.29, 0.717) is 13.2 Å². The molecule has 0 spiro atoms. The molecule has 116 valence electrons. The summed E-state index contributed by atoms with van der Waals surface area (Å²) in [6.07, 6.45) is 5.27. The highest BCUT2D eigenvalue weighted by Gasteiger charge is 2.27. The topological polar surface area (TPSA) is 51.7 Å². The van der Waals surface area contributed by atoms with E-state index in [2.05, 4.69) is 4.98 Å². The summed E-state index contributed by atoms with van der Waals surface area (Å²) in [7, 11) is 0. The van der Waals surface area contributed by atoms with Gasteiger partial charge in [0.15, 0.2) is 0 Å². The molecule has 0 unspecified atom stereocenters. The van der Waals surface area contributed by atoms with E-state index in [1.807, 2.05) is 32.9 Å². The maximum atomic E-state index is 12.1. The van der Waals surface area contributed by atoms with Crippen molar-refractivity contribution in [1.82, 2.24) is 9.88 Å². The largest absolute Gasteiger partial charge is 0.444 e. The lowest BCUT2D eigenvalue weighted by Gasteiger charge is -2.34. The number of piperidine rings is 1. The smallest absolute Gasteiger partial charge is 0.410 e. The van der Waals surface area contributed by atoms with Gasteiger partial charge in [0.05, 0.1) is 19.3 Å². The Morgan fingerprint density at radius 2 is 2.29 bits per heavy atom. The van der Waals surface area contributed by atoms with E-state index < -0.39 is 5.60 Å². The van der Waals surface area contributed by atoms with Crippen LogP contribution in [0.1, 0.15) is 39.2 Å². The minimum atomic E-state index is -0.458. The summed E-state index contributed by atoms with van der Waals surface area (Å²) in [6, 6.07) is 3.88. The van der Waals surface area contributed by atoms with Crippen LogP contribution < -0.4 is 0 Å². The molecule has 0 bridgehead atoms. The molecule has 1 aromatic heterocycles. The average Bonchev–Trinajstić information content (AvgIpc) is 2.45. The summed E-state index contributed by atoms with van der Waals surface area (Å²) in [4.78, 5) is 17.9. The average molecular weight is 292 g/mol. The molecule has 5 nitrogen and oxygen atoms in total. The third kappa shape index (κ3) is 5.34. The van der Waals surface area contributed by atoms with Crippen molar-refractivity contribution < 1.29 is 14.3 Å². The van der Waals surface area contributed by atoms with Crippen molar-refractivity contribution in [2.45, 2.75) is 51.9 Å². The Bertz CT molecular complexity index is 456. The van der Waals surface area contributed by atoms with Gasteiger partial charge in [-0.25, -0.2) is 4.79 Å². The van der Waals surface area contributed by atoms with Gasteiger partial charge in [-0.1, -0.05) is 6.07 Å². The highest BCUT2D eigenvalue weighted by Crippen LogP contribution is 2.18. The van der Waals surface area contributed by atoms with Gasteiger partial charge in [0.1, 0.15) is 5.60 Å². The van der Waals surface area contributed by atoms with Crippen LogP contribution in [0.15, 0.2) is 24.5 Å². The Labute approximate surface area is 126 Å². The molecule has 21 heavy (non-hydrogen) atoms. The fourth-order valence-electron chi connectivity index (χ4n) is 2.26. The Morgan fingerprint density at radius 1 is 1.48 bits per heavy atom. The number of carbonyl (C=O) groups excluding carboxylic acids is 1. The molecule has 2 rings (SSSR count). The third-order valence-electron chi connectivity index (χ3n) is 3.24. The van der Waals surface area contributed by atoms with Gasteiger partial charge in [0.2, 0.25) is 0 Å². The van der Waals surface area contributed by atoms with E-state index in [9.17, 15) is 4.79 Å². The molecule has 1 aliphatic heterocycles. The van der Waals surface area contributed by atoms with Crippen LogP contribution in [0.3, 0.4) is 0 Å². The Balaban J connectivity index is 1.82. The number of ether oxygens (including phenoxy) is 2. The van der Waals surface area contributed by atoms with Gasteiger partial charge in [0, 0.05) is 18.9 Å². The van der Waals surface area contributed by atoms with Crippen molar-refractivity contribution >= 4 is 6.09 Å². The van der Waals surface area contributed by atoms with Crippen LogP contribution in [-0.4, -0.2) is 40.8 Å². The van der Waals surface area contributed by atoms with Crippen LogP contribution in [0.4, 0.5) is 4.79 Å². The van der Waals surface area contributed by atoms with Gasteiger partial charge >= 0.3 is 6.09 Å². The first-order valence-electron chi connectivity index (χ1n) is 7.42. The highest BCUT2D eigenvalue weighted by atomic mass is 16.6. The van der Waals surface area contributed by atoms with Crippen LogP contribution >= 0.6 is 0 Å². The molecule has 0 saturated carbocycles. The first-order chi connectivity index (χ1) is 9.94. The zero-order valence-electron chi connectivity index (χ0n) is 13.0. The quantitative estimate of drug-likeness (QED) is 0.859. The number of likely N-dealkylation sites (tertiary alicyclic amines) is 1. The molecule has 1 saturated heterocycles. The number of pyridine rings is 1. The zero-order chi connectivity index (χ0) is 15.3. The number of hydrogen-bond acceptors (Lipinski definition) is 4. The van der Waals surface area contributed by atoms with E-state index in [1.54, 1.807) is 17.3 Å². The van der Waals surface area contributed by atoms with Gasteiger partial charge in [-0.2, -0.15) is 0 Å².